The van der Waals surface area contributed by atoms with E-state index in [9.17, 15) is 9.18 Å². The van der Waals surface area contributed by atoms with Gasteiger partial charge in [0.15, 0.2) is 5.65 Å². The minimum absolute atomic E-state index is 0.0519. The molecule has 3 aromatic heterocycles. The Balaban J connectivity index is 1.30. The number of nitrogens with one attached hydrogen (secondary N) is 2. The van der Waals surface area contributed by atoms with Crippen LogP contribution in [-0.2, 0) is 11.3 Å². The molecular weight excluding hydrogens is 401 g/mol. The van der Waals surface area contributed by atoms with Crippen molar-refractivity contribution in [3.63, 3.8) is 0 Å². The molecule has 0 spiro atoms. The van der Waals surface area contributed by atoms with Crippen molar-refractivity contribution < 1.29 is 9.18 Å². The summed E-state index contributed by atoms with van der Waals surface area (Å²) in [7, 11) is 0. The first kappa shape index (κ1) is 19.0. The predicted molar refractivity (Wildman–Crippen MR) is 115 cm³/mol. The van der Waals surface area contributed by atoms with Gasteiger partial charge in [-0.2, -0.15) is 5.10 Å². The lowest BCUT2D eigenvalue weighted by atomic mass is 9.97. The molecule has 0 aromatic carbocycles. The van der Waals surface area contributed by atoms with E-state index in [1.165, 1.54) is 29.4 Å². The lowest BCUT2D eigenvalue weighted by Gasteiger charge is -2.23. The second kappa shape index (κ2) is 8.02. The number of nitrogens with zero attached hydrogens (tertiary/aromatic N) is 3. The van der Waals surface area contributed by atoms with E-state index in [-0.39, 0.29) is 18.1 Å². The maximum Gasteiger partial charge on any atom is 0.248 e. The van der Waals surface area contributed by atoms with Crippen molar-refractivity contribution in [3.05, 3.63) is 64.4 Å². The first-order valence-corrected chi connectivity index (χ1v) is 10.9. The van der Waals surface area contributed by atoms with Crippen molar-refractivity contribution in [2.75, 3.05) is 5.75 Å². The predicted octanol–water partition coefficient (Wildman–Crippen LogP) is 4.28. The van der Waals surface area contributed by atoms with Crippen LogP contribution in [0.1, 0.15) is 31.4 Å². The fourth-order valence-corrected chi connectivity index (χ4v) is 5.07. The van der Waals surface area contributed by atoms with E-state index < -0.39 is 5.82 Å². The van der Waals surface area contributed by atoms with Gasteiger partial charge < -0.3 is 5.32 Å². The van der Waals surface area contributed by atoms with Crippen LogP contribution in [0.5, 0.6) is 0 Å². The van der Waals surface area contributed by atoms with Gasteiger partial charge in [-0.1, -0.05) is 0 Å². The Morgan fingerprint density at radius 2 is 2.13 bits per heavy atom. The maximum atomic E-state index is 14.7. The van der Waals surface area contributed by atoms with E-state index in [1.54, 1.807) is 36.4 Å². The molecule has 0 radical (unpaired) electrons. The number of carbonyl (C=O) groups is 1. The molecular formula is C22H20FN5OS. The number of aromatic nitrogens is 4. The Kier molecular flexibility index (Phi) is 5.08. The lowest BCUT2D eigenvalue weighted by Crippen LogP contribution is -2.27. The molecule has 0 saturated heterocycles. The van der Waals surface area contributed by atoms with E-state index in [4.69, 9.17) is 0 Å². The van der Waals surface area contributed by atoms with Crippen LogP contribution in [0, 0.1) is 5.82 Å². The quantitative estimate of drug-likeness (QED) is 0.657. The zero-order valence-corrected chi connectivity index (χ0v) is 17.1. The number of pyridine rings is 2. The smallest absolute Gasteiger partial charge is 0.248 e. The van der Waals surface area contributed by atoms with Crippen molar-refractivity contribution in [1.29, 1.82) is 0 Å². The number of aromatic amines is 1. The molecule has 4 heterocycles. The zero-order chi connectivity index (χ0) is 20.5. The van der Waals surface area contributed by atoms with Gasteiger partial charge in [0.1, 0.15) is 5.82 Å². The number of rotatable bonds is 4. The average molecular weight is 422 g/mol. The molecule has 1 aliphatic carbocycles. The molecule has 0 bridgehead atoms. The third-order valence-corrected chi connectivity index (χ3v) is 6.77. The second-order valence-electron chi connectivity index (χ2n) is 7.44. The molecule has 152 valence electrons. The van der Waals surface area contributed by atoms with Gasteiger partial charge in [0, 0.05) is 34.7 Å². The van der Waals surface area contributed by atoms with Crippen LogP contribution in [0.25, 0.3) is 22.2 Å². The number of hydrogen-bond donors (Lipinski definition) is 2. The summed E-state index contributed by atoms with van der Waals surface area (Å²) in [5.74, 6) is 0.0621. The molecule has 3 aromatic rings. The summed E-state index contributed by atoms with van der Waals surface area (Å²) in [6, 6.07) is 3.24. The van der Waals surface area contributed by atoms with Gasteiger partial charge in [0.25, 0.3) is 0 Å². The van der Waals surface area contributed by atoms with Crippen LogP contribution in [0.15, 0.2) is 52.9 Å². The fourth-order valence-electron chi connectivity index (χ4n) is 3.89. The summed E-state index contributed by atoms with van der Waals surface area (Å²) in [5, 5.41) is 10.4. The van der Waals surface area contributed by atoms with Crippen molar-refractivity contribution in [2.24, 2.45) is 0 Å². The molecule has 6 nitrogen and oxygen atoms in total. The third kappa shape index (κ3) is 3.63. The van der Waals surface area contributed by atoms with Crippen molar-refractivity contribution in [1.82, 2.24) is 25.5 Å². The summed E-state index contributed by atoms with van der Waals surface area (Å²) in [6.07, 6.45) is 11.5. The molecule has 30 heavy (non-hydrogen) atoms. The van der Waals surface area contributed by atoms with Crippen LogP contribution >= 0.6 is 11.8 Å². The standard InChI is InChI=1S/C22H20FN5OS/c23-18-8-14(16-5-6-24-21-17(16)10-27-28-21)9-25-19(18)11-26-22(29)15-7-13-3-1-2-4-20(13)30-12-15/h5-10H,1-4,11-12H2,(H,26,29)(H,24,27,28). The molecule has 2 aliphatic rings. The van der Waals surface area contributed by atoms with Gasteiger partial charge in [-0.05, 0) is 59.9 Å². The molecule has 0 atom stereocenters. The minimum atomic E-state index is -0.453. The Hall–Kier alpha value is -3.00. The number of halogens is 1. The first-order valence-electron chi connectivity index (χ1n) is 9.95. The summed E-state index contributed by atoms with van der Waals surface area (Å²) in [4.78, 5) is 22.4. The topological polar surface area (TPSA) is 83.6 Å². The normalized spacial score (nSPS) is 16.4. The average Bonchev–Trinajstić information content (AvgIpc) is 3.27. The van der Waals surface area contributed by atoms with Crippen LogP contribution in [0.2, 0.25) is 0 Å². The number of hydrogen-bond acceptors (Lipinski definition) is 5. The molecule has 1 amide bonds. The Labute approximate surface area is 177 Å². The molecule has 0 unspecified atom stereocenters. The molecule has 8 heteroatoms. The van der Waals surface area contributed by atoms with Gasteiger partial charge in [-0.3, -0.25) is 14.9 Å². The van der Waals surface area contributed by atoms with Crippen LogP contribution in [0.4, 0.5) is 4.39 Å². The minimum Gasteiger partial charge on any atom is -0.347 e. The monoisotopic (exact) mass is 421 g/mol. The highest BCUT2D eigenvalue weighted by molar-refractivity contribution is 8.03. The van der Waals surface area contributed by atoms with Gasteiger partial charge in [0.2, 0.25) is 5.91 Å². The number of thioether (sulfide) groups is 1. The van der Waals surface area contributed by atoms with Gasteiger partial charge >= 0.3 is 0 Å². The van der Waals surface area contributed by atoms with E-state index >= 15 is 0 Å². The van der Waals surface area contributed by atoms with Crippen molar-refractivity contribution >= 4 is 28.7 Å². The number of amides is 1. The summed E-state index contributed by atoms with van der Waals surface area (Å²) >= 11 is 1.76. The summed E-state index contributed by atoms with van der Waals surface area (Å²) < 4.78 is 14.7. The van der Waals surface area contributed by atoms with Crippen LogP contribution in [-0.4, -0.2) is 31.8 Å². The fraction of sp³-hybridized carbons (Fsp3) is 0.273. The Morgan fingerprint density at radius 3 is 3.03 bits per heavy atom. The molecule has 5 rings (SSSR count). The van der Waals surface area contributed by atoms with Gasteiger partial charge in [-0.25, -0.2) is 9.37 Å². The first-order chi connectivity index (χ1) is 14.7. The highest BCUT2D eigenvalue weighted by atomic mass is 32.2. The zero-order valence-electron chi connectivity index (χ0n) is 16.2. The van der Waals surface area contributed by atoms with E-state index in [1.807, 2.05) is 6.08 Å². The van der Waals surface area contributed by atoms with Crippen molar-refractivity contribution in [2.45, 2.75) is 32.2 Å². The van der Waals surface area contributed by atoms with Crippen LogP contribution < -0.4 is 5.32 Å². The maximum absolute atomic E-state index is 14.7. The van der Waals surface area contributed by atoms with Gasteiger partial charge in [0.05, 0.1) is 18.4 Å². The third-order valence-electron chi connectivity index (χ3n) is 5.50. The highest BCUT2D eigenvalue weighted by Gasteiger charge is 2.21. The van der Waals surface area contributed by atoms with Gasteiger partial charge in [-0.15, -0.1) is 11.8 Å². The summed E-state index contributed by atoms with van der Waals surface area (Å²) in [6.45, 7) is 0.0519. The molecule has 0 saturated carbocycles. The Morgan fingerprint density at radius 1 is 1.23 bits per heavy atom. The number of H-pyrrole nitrogens is 1. The molecule has 0 fully saturated rings. The SMILES string of the molecule is O=C(NCc1ncc(-c2ccnc3[nH]ncc23)cc1F)C1=CC2=C(CCCC2)SC1. The number of allylic oxidation sites excluding steroid dienone is 3. The van der Waals surface area contributed by atoms with Crippen molar-refractivity contribution in [3.8, 4) is 11.1 Å². The second-order valence-corrected chi connectivity index (χ2v) is 8.51. The number of fused-ring (bicyclic) bond motifs is 1. The van der Waals surface area contributed by atoms with E-state index in [0.29, 0.717) is 17.0 Å². The summed E-state index contributed by atoms with van der Waals surface area (Å²) in [5.41, 5.74) is 4.33. The highest BCUT2D eigenvalue weighted by Crippen LogP contribution is 2.38. The molecule has 2 N–H and O–H groups in total. The molecule has 1 aliphatic heterocycles. The largest absolute Gasteiger partial charge is 0.347 e. The Bertz CT molecular complexity index is 1200. The van der Waals surface area contributed by atoms with E-state index in [2.05, 4.69) is 25.5 Å². The van der Waals surface area contributed by atoms with E-state index in [0.717, 1.165) is 29.4 Å². The lowest BCUT2D eigenvalue weighted by molar-refractivity contribution is -0.117. The van der Waals surface area contributed by atoms with Crippen LogP contribution in [0.3, 0.4) is 0 Å². The number of carbonyl (C=O) groups excluding carboxylic acids is 1.